The van der Waals surface area contributed by atoms with Gasteiger partial charge in [0.1, 0.15) is 0 Å². The molecule has 0 spiro atoms. The molecule has 1 atom stereocenters. The zero-order valence-corrected chi connectivity index (χ0v) is 11.5. The van der Waals surface area contributed by atoms with Crippen LogP contribution >= 0.6 is 0 Å². The van der Waals surface area contributed by atoms with Crippen LogP contribution < -0.4 is 11.2 Å². The third kappa shape index (κ3) is 6.33. The van der Waals surface area contributed by atoms with E-state index in [1.807, 2.05) is 5.01 Å². The molecule has 1 aliphatic rings. The number of rotatable bonds is 8. The molecule has 0 bridgehead atoms. The highest BCUT2D eigenvalue weighted by Gasteiger charge is 2.14. The van der Waals surface area contributed by atoms with E-state index in [9.17, 15) is 4.79 Å². The maximum Gasteiger partial charge on any atom is 0.234 e. The van der Waals surface area contributed by atoms with E-state index in [2.05, 4.69) is 12.3 Å². The van der Waals surface area contributed by atoms with Crippen molar-refractivity contribution in [3.05, 3.63) is 0 Å². The van der Waals surface area contributed by atoms with Crippen LogP contribution in [-0.4, -0.2) is 43.8 Å². The molecule has 18 heavy (non-hydrogen) atoms. The lowest BCUT2D eigenvalue weighted by Gasteiger charge is -2.27. The average Bonchev–Trinajstić information content (AvgIpc) is 2.38. The number of morpholine rings is 1. The van der Waals surface area contributed by atoms with Crippen molar-refractivity contribution < 1.29 is 9.53 Å². The fourth-order valence-corrected chi connectivity index (χ4v) is 2.32. The number of hydrogen-bond acceptors (Lipinski definition) is 4. The number of carbonyl (C=O) groups is 1. The van der Waals surface area contributed by atoms with Crippen molar-refractivity contribution in [1.29, 1.82) is 0 Å². The first kappa shape index (κ1) is 15.4. The Kier molecular flexibility index (Phi) is 7.96. The average molecular weight is 257 g/mol. The summed E-state index contributed by atoms with van der Waals surface area (Å²) in [4.78, 5) is 11.8. The first-order valence-electron chi connectivity index (χ1n) is 7.08. The van der Waals surface area contributed by atoms with Gasteiger partial charge in [-0.3, -0.25) is 10.2 Å². The normalized spacial score (nSPS) is 18.6. The Labute approximate surface area is 110 Å². The highest BCUT2D eigenvalue weighted by atomic mass is 16.5. The van der Waals surface area contributed by atoms with Gasteiger partial charge in [0, 0.05) is 19.5 Å². The first-order chi connectivity index (χ1) is 8.76. The predicted octanol–water partition coefficient (Wildman–Crippen LogP) is 0.895. The molecule has 5 heteroatoms. The minimum atomic E-state index is 0.120. The topological polar surface area (TPSA) is 67.6 Å². The number of carbonyl (C=O) groups excluding carboxylic acids is 1. The van der Waals surface area contributed by atoms with Crippen LogP contribution in [0.4, 0.5) is 0 Å². The molecule has 1 aliphatic heterocycles. The van der Waals surface area contributed by atoms with Gasteiger partial charge in [0.15, 0.2) is 0 Å². The molecule has 1 heterocycles. The van der Waals surface area contributed by atoms with Crippen LogP contribution in [0.25, 0.3) is 0 Å². The molecule has 106 valence electrons. The van der Waals surface area contributed by atoms with Crippen LogP contribution in [0.2, 0.25) is 0 Å². The van der Waals surface area contributed by atoms with Crippen LogP contribution in [0.1, 0.15) is 39.0 Å². The smallest absolute Gasteiger partial charge is 0.234 e. The second-order valence-electron chi connectivity index (χ2n) is 4.91. The number of amides is 1. The predicted molar refractivity (Wildman–Crippen MR) is 71.8 cm³/mol. The van der Waals surface area contributed by atoms with Crippen LogP contribution in [0.15, 0.2) is 0 Å². The van der Waals surface area contributed by atoms with E-state index in [0.717, 1.165) is 38.9 Å². The zero-order valence-electron chi connectivity index (χ0n) is 11.5. The standard InChI is InChI=1S/C13H27N3O2/c1-2-3-12(6-7-14)4-5-13(17)15-16-8-10-18-11-9-16/h12H,2-11,14H2,1H3,(H,15,17). The van der Waals surface area contributed by atoms with Gasteiger partial charge in [0.05, 0.1) is 13.2 Å². The monoisotopic (exact) mass is 257 g/mol. The molecule has 3 N–H and O–H groups in total. The number of nitrogens with two attached hydrogens (primary N) is 1. The lowest BCUT2D eigenvalue weighted by atomic mass is 9.94. The zero-order chi connectivity index (χ0) is 13.2. The van der Waals surface area contributed by atoms with E-state index in [4.69, 9.17) is 10.5 Å². The lowest BCUT2D eigenvalue weighted by Crippen LogP contribution is -2.48. The Bertz CT molecular complexity index is 224. The Morgan fingerprint density at radius 2 is 2.06 bits per heavy atom. The van der Waals surface area contributed by atoms with Crippen LogP contribution in [0.5, 0.6) is 0 Å². The van der Waals surface area contributed by atoms with E-state index in [0.29, 0.717) is 25.6 Å². The molecular weight excluding hydrogens is 230 g/mol. The quantitative estimate of drug-likeness (QED) is 0.678. The van der Waals surface area contributed by atoms with Crippen LogP contribution in [0.3, 0.4) is 0 Å². The Morgan fingerprint density at radius 3 is 2.67 bits per heavy atom. The Morgan fingerprint density at radius 1 is 1.33 bits per heavy atom. The molecule has 1 amide bonds. The van der Waals surface area contributed by atoms with Gasteiger partial charge in [-0.15, -0.1) is 0 Å². The van der Waals surface area contributed by atoms with E-state index in [1.165, 1.54) is 6.42 Å². The third-order valence-corrected chi connectivity index (χ3v) is 3.35. The molecule has 0 aromatic carbocycles. The van der Waals surface area contributed by atoms with Crippen molar-refractivity contribution in [3.8, 4) is 0 Å². The van der Waals surface area contributed by atoms with Gasteiger partial charge >= 0.3 is 0 Å². The summed E-state index contributed by atoms with van der Waals surface area (Å²) in [7, 11) is 0. The summed E-state index contributed by atoms with van der Waals surface area (Å²) in [5.41, 5.74) is 8.53. The van der Waals surface area contributed by atoms with E-state index in [1.54, 1.807) is 0 Å². The van der Waals surface area contributed by atoms with E-state index >= 15 is 0 Å². The van der Waals surface area contributed by atoms with E-state index < -0.39 is 0 Å². The van der Waals surface area contributed by atoms with Crippen molar-refractivity contribution in [2.75, 3.05) is 32.8 Å². The first-order valence-corrected chi connectivity index (χ1v) is 7.08. The Hall–Kier alpha value is -0.650. The summed E-state index contributed by atoms with van der Waals surface area (Å²) in [6.07, 6.45) is 4.90. The van der Waals surface area contributed by atoms with Gasteiger partial charge in [-0.2, -0.15) is 0 Å². The summed E-state index contributed by atoms with van der Waals surface area (Å²) in [5.74, 6) is 0.713. The maximum atomic E-state index is 11.8. The highest BCUT2D eigenvalue weighted by Crippen LogP contribution is 2.16. The maximum absolute atomic E-state index is 11.8. The number of hydrogen-bond donors (Lipinski definition) is 2. The van der Waals surface area contributed by atoms with E-state index in [-0.39, 0.29) is 5.91 Å². The summed E-state index contributed by atoms with van der Waals surface area (Å²) in [6, 6.07) is 0. The molecule has 1 unspecified atom stereocenters. The molecule has 5 nitrogen and oxygen atoms in total. The SMILES string of the molecule is CCCC(CCN)CCC(=O)NN1CCOCC1. The molecule has 1 rings (SSSR count). The molecule has 0 aromatic rings. The summed E-state index contributed by atoms with van der Waals surface area (Å²) >= 11 is 0. The van der Waals surface area contributed by atoms with Crippen LogP contribution in [-0.2, 0) is 9.53 Å². The van der Waals surface area contributed by atoms with Crippen LogP contribution in [0, 0.1) is 5.92 Å². The highest BCUT2D eigenvalue weighted by molar-refractivity contribution is 5.75. The second kappa shape index (κ2) is 9.30. The number of nitrogens with zero attached hydrogens (tertiary/aromatic N) is 1. The summed E-state index contributed by atoms with van der Waals surface area (Å²) < 4.78 is 5.24. The van der Waals surface area contributed by atoms with Gasteiger partial charge < -0.3 is 10.5 Å². The van der Waals surface area contributed by atoms with Crippen molar-refractivity contribution in [2.45, 2.75) is 39.0 Å². The largest absolute Gasteiger partial charge is 0.379 e. The molecule has 0 radical (unpaired) electrons. The molecule has 0 aliphatic carbocycles. The van der Waals surface area contributed by atoms with Gasteiger partial charge in [0.25, 0.3) is 0 Å². The Balaban J connectivity index is 2.17. The minimum Gasteiger partial charge on any atom is -0.379 e. The molecule has 0 aromatic heterocycles. The molecular formula is C13H27N3O2. The molecule has 1 saturated heterocycles. The molecule has 0 saturated carbocycles. The lowest BCUT2D eigenvalue weighted by molar-refractivity contribution is -0.128. The fraction of sp³-hybridized carbons (Fsp3) is 0.923. The van der Waals surface area contributed by atoms with Crippen molar-refractivity contribution in [3.63, 3.8) is 0 Å². The number of hydrazine groups is 1. The number of ether oxygens (including phenoxy) is 1. The molecule has 1 fully saturated rings. The number of nitrogens with one attached hydrogen (secondary N) is 1. The van der Waals surface area contributed by atoms with Crippen molar-refractivity contribution in [1.82, 2.24) is 10.4 Å². The van der Waals surface area contributed by atoms with Gasteiger partial charge in [-0.1, -0.05) is 19.8 Å². The fourth-order valence-electron chi connectivity index (χ4n) is 2.32. The van der Waals surface area contributed by atoms with Crippen molar-refractivity contribution in [2.24, 2.45) is 11.7 Å². The minimum absolute atomic E-state index is 0.120. The third-order valence-electron chi connectivity index (χ3n) is 3.35. The second-order valence-corrected chi connectivity index (χ2v) is 4.91. The van der Waals surface area contributed by atoms with Crippen molar-refractivity contribution >= 4 is 5.91 Å². The summed E-state index contributed by atoms with van der Waals surface area (Å²) in [6.45, 7) is 5.87. The van der Waals surface area contributed by atoms with Gasteiger partial charge in [-0.25, -0.2) is 5.01 Å². The summed E-state index contributed by atoms with van der Waals surface area (Å²) in [5, 5.41) is 1.95. The van der Waals surface area contributed by atoms with Gasteiger partial charge in [-0.05, 0) is 25.3 Å². The van der Waals surface area contributed by atoms with Gasteiger partial charge in [0.2, 0.25) is 5.91 Å².